The molecule has 5 heteroatoms. The number of hydrogen-bond donors (Lipinski definition) is 1. The first-order chi connectivity index (χ1) is 8.79. The summed E-state index contributed by atoms with van der Waals surface area (Å²) in [5, 5.41) is 21.9. The molecule has 110 valence electrons. The molecule has 1 N–H and O–H groups in total. The summed E-state index contributed by atoms with van der Waals surface area (Å²) in [7, 11) is 0. The lowest BCUT2D eigenvalue weighted by atomic mass is 9.64. The second-order valence-corrected chi connectivity index (χ2v) is 6.08. The molecular formula is C14H25NO4. The van der Waals surface area contributed by atoms with Crippen LogP contribution in [0.25, 0.3) is 0 Å². The topological polar surface area (TPSA) is 80.4 Å². The van der Waals surface area contributed by atoms with Crippen molar-refractivity contribution in [3.8, 4) is 0 Å². The maximum atomic E-state index is 12.2. The minimum absolute atomic E-state index is 0.0220. The predicted molar refractivity (Wildman–Crippen MR) is 72.5 cm³/mol. The zero-order chi connectivity index (χ0) is 14.7. The smallest absolute Gasteiger partial charge is 0.220 e. The average molecular weight is 271 g/mol. The molecule has 1 aliphatic rings. The molecule has 0 aromatic heterocycles. The van der Waals surface area contributed by atoms with Crippen LogP contribution in [0.15, 0.2) is 0 Å². The fraction of sp³-hybridized carbons (Fsp3) is 0.929. The van der Waals surface area contributed by atoms with E-state index in [-0.39, 0.29) is 17.1 Å². The van der Waals surface area contributed by atoms with Gasteiger partial charge in [-0.05, 0) is 19.3 Å². The van der Waals surface area contributed by atoms with Crippen LogP contribution in [0.2, 0.25) is 0 Å². The summed E-state index contributed by atoms with van der Waals surface area (Å²) in [6, 6.07) is 0. The van der Waals surface area contributed by atoms with Gasteiger partial charge in [-0.25, -0.2) is 0 Å². The second kappa shape index (κ2) is 5.99. The van der Waals surface area contributed by atoms with E-state index in [1.807, 2.05) is 13.8 Å². The Morgan fingerprint density at radius 3 is 2.47 bits per heavy atom. The third kappa shape index (κ3) is 3.32. The molecule has 0 aromatic rings. The largest absolute Gasteiger partial charge is 0.389 e. The highest BCUT2D eigenvalue weighted by Gasteiger charge is 2.54. The van der Waals surface area contributed by atoms with E-state index in [0.717, 1.165) is 6.42 Å². The first-order valence-electron chi connectivity index (χ1n) is 7.18. The van der Waals surface area contributed by atoms with Crippen LogP contribution in [-0.2, 0) is 4.79 Å². The van der Waals surface area contributed by atoms with Gasteiger partial charge in [0.25, 0.3) is 0 Å². The van der Waals surface area contributed by atoms with Gasteiger partial charge < -0.3 is 5.11 Å². The molecule has 0 amide bonds. The van der Waals surface area contributed by atoms with Crippen molar-refractivity contribution in [2.75, 3.05) is 0 Å². The minimum atomic E-state index is -1.08. The van der Waals surface area contributed by atoms with Gasteiger partial charge in [0.1, 0.15) is 5.78 Å². The predicted octanol–water partition coefficient (Wildman–Crippen LogP) is 2.72. The highest BCUT2D eigenvalue weighted by Crippen LogP contribution is 2.44. The van der Waals surface area contributed by atoms with Crippen LogP contribution in [0.3, 0.4) is 0 Å². The van der Waals surface area contributed by atoms with Gasteiger partial charge >= 0.3 is 0 Å². The summed E-state index contributed by atoms with van der Waals surface area (Å²) in [6.45, 7) is 5.46. The Balaban J connectivity index is 2.98. The Morgan fingerprint density at radius 2 is 2.00 bits per heavy atom. The molecule has 3 atom stereocenters. The Kier molecular flexibility index (Phi) is 5.07. The van der Waals surface area contributed by atoms with Crippen molar-refractivity contribution < 1.29 is 14.8 Å². The molecule has 0 bridgehead atoms. The zero-order valence-corrected chi connectivity index (χ0v) is 12.1. The van der Waals surface area contributed by atoms with Crippen LogP contribution >= 0.6 is 0 Å². The number of carbonyl (C=O) groups is 1. The molecular weight excluding hydrogens is 246 g/mol. The van der Waals surface area contributed by atoms with Gasteiger partial charge in [-0.15, -0.1) is 0 Å². The lowest BCUT2D eigenvalue weighted by Gasteiger charge is -2.43. The lowest BCUT2D eigenvalue weighted by molar-refractivity contribution is -0.573. The molecule has 0 radical (unpaired) electrons. The van der Waals surface area contributed by atoms with Gasteiger partial charge in [0, 0.05) is 31.1 Å². The van der Waals surface area contributed by atoms with E-state index < -0.39 is 17.1 Å². The van der Waals surface area contributed by atoms with Crippen LogP contribution in [0, 0.1) is 16.0 Å². The van der Waals surface area contributed by atoms with Crippen LogP contribution in [0.5, 0.6) is 0 Å². The number of nitrogens with zero attached hydrogens (tertiary/aromatic N) is 1. The van der Waals surface area contributed by atoms with E-state index in [0.29, 0.717) is 32.1 Å². The van der Waals surface area contributed by atoms with Gasteiger partial charge in [-0.2, -0.15) is 0 Å². The standard InChI is InChI=1S/C14H25NO4/c1-4-6-12(16)11-10-13(3,15(18)19)8-9-14(11,17)7-5-2/h11,17H,4-10H2,1-3H3/t11-,13+,14+/m1/s1. The Labute approximate surface area is 114 Å². The van der Waals surface area contributed by atoms with E-state index in [1.165, 1.54) is 0 Å². The molecule has 1 rings (SSSR count). The van der Waals surface area contributed by atoms with Gasteiger partial charge in [0.05, 0.1) is 11.5 Å². The number of rotatable bonds is 6. The molecule has 0 heterocycles. The van der Waals surface area contributed by atoms with Crippen molar-refractivity contribution in [2.24, 2.45) is 5.92 Å². The number of carbonyl (C=O) groups excluding carboxylic acids is 1. The van der Waals surface area contributed by atoms with E-state index >= 15 is 0 Å². The normalized spacial score (nSPS) is 35.1. The number of hydrogen-bond acceptors (Lipinski definition) is 4. The van der Waals surface area contributed by atoms with E-state index in [4.69, 9.17) is 0 Å². The number of ketones is 1. The molecule has 0 unspecified atom stereocenters. The maximum Gasteiger partial charge on any atom is 0.220 e. The highest BCUT2D eigenvalue weighted by atomic mass is 16.6. The van der Waals surface area contributed by atoms with Crippen molar-refractivity contribution in [3.05, 3.63) is 10.1 Å². The number of nitro groups is 1. The summed E-state index contributed by atoms with van der Waals surface area (Å²) in [6.07, 6.45) is 3.28. The van der Waals surface area contributed by atoms with E-state index in [9.17, 15) is 20.0 Å². The van der Waals surface area contributed by atoms with Crippen LogP contribution in [0.1, 0.15) is 65.7 Å². The lowest BCUT2D eigenvalue weighted by Crippen LogP contribution is -2.54. The minimum Gasteiger partial charge on any atom is -0.389 e. The van der Waals surface area contributed by atoms with Gasteiger partial charge in [-0.3, -0.25) is 14.9 Å². The third-order valence-corrected chi connectivity index (χ3v) is 4.40. The third-order valence-electron chi connectivity index (χ3n) is 4.40. The van der Waals surface area contributed by atoms with Crippen LogP contribution in [0.4, 0.5) is 0 Å². The molecule has 1 aliphatic carbocycles. The Bertz CT molecular complexity index is 357. The average Bonchev–Trinajstić information content (AvgIpc) is 2.33. The first-order valence-corrected chi connectivity index (χ1v) is 7.18. The van der Waals surface area contributed by atoms with Gasteiger partial charge in [0.15, 0.2) is 0 Å². The first kappa shape index (κ1) is 16.1. The van der Waals surface area contributed by atoms with Crippen molar-refractivity contribution in [3.63, 3.8) is 0 Å². The summed E-state index contributed by atoms with van der Waals surface area (Å²) >= 11 is 0. The van der Waals surface area contributed by atoms with Crippen LogP contribution in [-0.4, -0.2) is 27.0 Å². The van der Waals surface area contributed by atoms with Crippen molar-refractivity contribution in [1.82, 2.24) is 0 Å². The fourth-order valence-electron chi connectivity index (χ4n) is 3.12. The monoisotopic (exact) mass is 271 g/mol. The Hall–Kier alpha value is -0.970. The number of aliphatic hydroxyl groups is 1. The molecule has 1 saturated carbocycles. The summed E-state index contributed by atoms with van der Waals surface area (Å²) < 4.78 is 0. The highest BCUT2D eigenvalue weighted by molar-refractivity contribution is 5.82. The molecule has 5 nitrogen and oxygen atoms in total. The maximum absolute atomic E-state index is 12.2. The van der Waals surface area contributed by atoms with Crippen molar-refractivity contribution >= 4 is 5.78 Å². The molecule has 0 aliphatic heterocycles. The SMILES string of the molecule is CCCC(=O)[C@H]1C[C@@](C)([N+](=O)[O-])CC[C@@]1(O)CCC. The zero-order valence-electron chi connectivity index (χ0n) is 12.1. The van der Waals surface area contributed by atoms with Crippen molar-refractivity contribution in [1.29, 1.82) is 0 Å². The summed E-state index contributed by atoms with van der Waals surface area (Å²) in [5.41, 5.74) is -2.12. The molecule has 19 heavy (non-hydrogen) atoms. The van der Waals surface area contributed by atoms with Crippen molar-refractivity contribution in [2.45, 2.75) is 76.9 Å². The number of Topliss-reactive ketones (excluding diaryl/α,β-unsaturated/α-hetero) is 1. The molecule has 0 saturated heterocycles. The van der Waals surface area contributed by atoms with Crippen LogP contribution < -0.4 is 0 Å². The second-order valence-electron chi connectivity index (χ2n) is 6.08. The van der Waals surface area contributed by atoms with E-state index in [2.05, 4.69) is 0 Å². The summed E-state index contributed by atoms with van der Waals surface area (Å²) in [4.78, 5) is 23.1. The fourth-order valence-corrected chi connectivity index (χ4v) is 3.12. The molecule has 1 fully saturated rings. The summed E-state index contributed by atoms with van der Waals surface area (Å²) in [5.74, 6) is -0.609. The van der Waals surface area contributed by atoms with Gasteiger partial charge in [-0.1, -0.05) is 20.3 Å². The Morgan fingerprint density at radius 1 is 1.37 bits per heavy atom. The quantitative estimate of drug-likeness (QED) is 0.595. The molecule has 0 aromatic carbocycles. The van der Waals surface area contributed by atoms with Gasteiger partial charge in [0.2, 0.25) is 5.54 Å². The molecule has 0 spiro atoms. The van der Waals surface area contributed by atoms with E-state index in [1.54, 1.807) is 6.92 Å².